The van der Waals surface area contributed by atoms with Crippen molar-refractivity contribution in [2.45, 2.75) is 64.6 Å². The summed E-state index contributed by atoms with van der Waals surface area (Å²) in [5.74, 6) is -0.867. The van der Waals surface area contributed by atoms with Gasteiger partial charge in [0.2, 0.25) is 11.8 Å². The van der Waals surface area contributed by atoms with Crippen LogP contribution < -0.4 is 9.62 Å². The van der Waals surface area contributed by atoms with Gasteiger partial charge in [0.1, 0.15) is 12.6 Å². The summed E-state index contributed by atoms with van der Waals surface area (Å²) >= 11 is 12.7. The van der Waals surface area contributed by atoms with Gasteiger partial charge in [-0.2, -0.15) is 0 Å². The van der Waals surface area contributed by atoms with Gasteiger partial charge in [0.05, 0.1) is 15.6 Å². The first kappa shape index (κ1) is 31.5. The number of hydrogen-bond donors (Lipinski definition) is 1. The number of amides is 2. The number of aryl methyl sites for hydroxylation is 2. The molecule has 0 aliphatic heterocycles. The second-order valence-electron chi connectivity index (χ2n) is 9.96. The second kappa shape index (κ2) is 13.5. The fourth-order valence-electron chi connectivity index (χ4n) is 4.30. The Balaban J connectivity index is 2.12. The van der Waals surface area contributed by atoms with Crippen LogP contribution in [0.4, 0.5) is 5.69 Å². The van der Waals surface area contributed by atoms with E-state index in [1.54, 1.807) is 18.2 Å². The molecule has 7 nitrogen and oxygen atoms in total. The highest BCUT2D eigenvalue weighted by Gasteiger charge is 2.34. The summed E-state index contributed by atoms with van der Waals surface area (Å²) in [5.41, 5.74) is 2.74. The monoisotopic (exact) mass is 603 g/mol. The number of sulfonamides is 1. The van der Waals surface area contributed by atoms with Crippen LogP contribution in [0.25, 0.3) is 0 Å². The van der Waals surface area contributed by atoms with Gasteiger partial charge in [-0.3, -0.25) is 13.9 Å². The van der Waals surface area contributed by atoms with Crippen molar-refractivity contribution in [2.24, 2.45) is 0 Å². The number of halogens is 2. The topological polar surface area (TPSA) is 86.8 Å². The number of hydrogen-bond acceptors (Lipinski definition) is 4. The largest absolute Gasteiger partial charge is 0.352 e. The molecule has 1 atom stereocenters. The lowest BCUT2D eigenvalue weighted by Crippen LogP contribution is -2.53. The quantitative estimate of drug-likeness (QED) is 0.285. The lowest BCUT2D eigenvalue weighted by molar-refractivity contribution is -0.140. The smallest absolute Gasteiger partial charge is 0.264 e. The lowest BCUT2D eigenvalue weighted by Gasteiger charge is -2.34. The third kappa shape index (κ3) is 7.56. The number of nitrogens with zero attached hydrogens (tertiary/aromatic N) is 2. The predicted octanol–water partition coefficient (Wildman–Crippen LogP) is 6.14. The van der Waals surface area contributed by atoms with E-state index in [-0.39, 0.29) is 39.1 Å². The average Bonchev–Trinajstić information content (AvgIpc) is 2.89. The minimum Gasteiger partial charge on any atom is -0.352 e. The summed E-state index contributed by atoms with van der Waals surface area (Å²) < 4.78 is 28.9. The van der Waals surface area contributed by atoms with Crippen LogP contribution >= 0.6 is 23.2 Å². The molecule has 3 aromatic carbocycles. The van der Waals surface area contributed by atoms with Gasteiger partial charge >= 0.3 is 0 Å². The zero-order chi connectivity index (χ0) is 29.6. The van der Waals surface area contributed by atoms with Gasteiger partial charge in [-0.25, -0.2) is 8.42 Å². The van der Waals surface area contributed by atoms with Crippen molar-refractivity contribution in [3.63, 3.8) is 0 Å². The van der Waals surface area contributed by atoms with Crippen LogP contribution in [-0.2, 0) is 26.2 Å². The molecule has 0 saturated heterocycles. The number of benzene rings is 3. The van der Waals surface area contributed by atoms with Crippen LogP contribution in [0.3, 0.4) is 0 Å². The van der Waals surface area contributed by atoms with Crippen molar-refractivity contribution >= 4 is 50.7 Å². The normalized spacial score (nSPS) is 12.2. The maximum absolute atomic E-state index is 14.1. The summed E-state index contributed by atoms with van der Waals surface area (Å²) in [5, 5.41) is 3.26. The predicted molar refractivity (Wildman–Crippen MR) is 161 cm³/mol. The Morgan fingerprint density at radius 3 is 2.20 bits per heavy atom. The molecule has 10 heteroatoms. The van der Waals surface area contributed by atoms with Gasteiger partial charge in [-0.1, -0.05) is 72.1 Å². The Morgan fingerprint density at radius 2 is 1.60 bits per heavy atom. The molecule has 0 aliphatic carbocycles. The maximum Gasteiger partial charge on any atom is 0.264 e. The van der Waals surface area contributed by atoms with Gasteiger partial charge in [0.15, 0.2) is 0 Å². The van der Waals surface area contributed by atoms with E-state index in [0.717, 1.165) is 21.0 Å². The first-order valence-corrected chi connectivity index (χ1v) is 15.2. The number of carbonyl (C=O) groups is 2. The molecule has 0 fully saturated rings. The van der Waals surface area contributed by atoms with Crippen molar-refractivity contribution in [3.05, 3.63) is 93.5 Å². The number of anilines is 1. The van der Waals surface area contributed by atoms with Gasteiger partial charge in [0, 0.05) is 17.6 Å². The van der Waals surface area contributed by atoms with E-state index in [2.05, 4.69) is 5.32 Å². The maximum atomic E-state index is 14.1. The van der Waals surface area contributed by atoms with E-state index < -0.39 is 28.5 Å². The van der Waals surface area contributed by atoms with Gasteiger partial charge in [0.25, 0.3) is 10.0 Å². The van der Waals surface area contributed by atoms with Crippen molar-refractivity contribution in [1.29, 1.82) is 0 Å². The third-order valence-corrected chi connectivity index (χ3v) is 8.81. The first-order valence-electron chi connectivity index (χ1n) is 13.0. The Hall–Kier alpha value is -3.07. The summed E-state index contributed by atoms with van der Waals surface area (Å²) in [6, 6.07) is 17.4. The van der Waals surface area contributed by atoms with Crippen LogP contribution in [0, 0.1) is 13.8 Å². The molecule has 214 valence electrons. The van der Waals surface area contributed by atoms with Crippen molar-refractivity contribution in [1.82, 2.24) is 10.2 Å². The van der Waals surface area contributed by atoms with Crippen molar-refractivity contribution in [2.75, 3.05) is 10.8 Å². The lowest BCUT2D eigenvalue weighted by atomic mass is 10.1. The highest BCUT2D eigenvalue weighted by atomic mass is 35.5. The molecule has 40 heavy (non-hydrogen) atoms. The van der Waals surface area contributed by atoms with Gasteiger partial charge in [-0.15, -0.1) is 0 Å². The van der Waals surface area contributed by atoms with Crippen LogP contribution in [0.15, 0.2) is 71.6 Å². The fourth-order valence-corrected chi connectivity index (χ4v) is 6.16. The molecular weight excluding hydrogens is 569 g/mol. The summed E-state index contributed by atoms with van der Waals surface area (Å²) in [4.78, 5) is 28.8. The molecule has 0 radical (unpaired) electrons. The summed E-state index contributed by atoms with van der Waals surface area (Å²) in [6.45, 7) is 8.81. The number of nitrogens with one attached hydrogen (secondary N) is 1. The summed E-state index contributed by atoms with van der Waals surface area (Å²) in [6.07, 6.45) is 0.332. The molecule has 0 saturated carbocycles. The molecule has 1 N–H and O–H groups in total. The SMILES string of the molecule is CCC(C(=O)NC(C)C)N(Cc1ccccc1C)C(=O)CN(c1cc(Cl)ccc1Cl)S(=O)(=O)c1ccc(C)cc1. The molecule has 0 aliphatic rings. The van der Waals surface area contributed by atoms with E-state index in [0.29, 0.717) is 6.42 Å². The number of carbonyl (C=O) groups excluding carboxylic acids is 2. The first-order chi connectivity index (χ1) is 18.8. The van der Waals surface area contributed by atoms with E-state index in [1.165, 1.54) is 29.2 Å². The van der Waals surface area contributed by atoms with Gasteiger partial charge < -0.3 is 10.2 Å². The Bertz CT molecular complexity index is 1460. The standard InChI is InChI=1S/C30H35Cl2N3O4S/c1-6-27(30(37)33-20(2)3)34(18-23-10-8-7-9-22(23)5)29(36)19-35(28-17-24(31)13-16-26(28)32)40(38,39)25-14-11-21(4)12-15-25/h7-17,20,27H,6,18-19H2,1-5H3,(H,33,37). The van der Waals surface area contributed by atoms with Gasteiger partial charge in [-0.05, 0) is 75.6 Å². The highest BCUT2D eigenvalue weighted by molar-refractivity contribution is 7.92. The molecule has 3 rings (SSSR count). The van der Waals surface area contributed by atoms with Crippen LogP contribution in [0.1, 0.15) is 43.9 Å². The second-order valence-corrected chi connectivity index (χ2v) is 12.7. The average molecular weight is 605 g/mol. The summed E-state index contributed by atoms with van der Waals surface area (Å²) in [7, 11) is -4.25. The molecule has 0 aromatic heterocycles. The van der Waals surface area contributed by atoms with Crippen LogP contribution in [0.5, 0.6) is 0 Å². The molecule has 0 bridgehead atoms. The Morgan fingerprint density at radius 1 is 0.950 bits per heavy atom. The van der Waals surface area contributed by atoms with Crippen molar-refractivity contribution < 1.29 is 18.0 Å². The molecule has 3 aromatic rings. The zero-order valence-corrected chi connectivity index (χ0v) is 25.6. The molecule has 0 heterocycles. The fraction of sp³-hybridized carbons (Fsp3) is 0.333. The minimum atomic E-state index is -4.25. The Labute approximate surface area is 247 Å². The third-order valence-electron chi connectivity index (χ3n) is 6.48. The van der Waals surface area contributed by atoms with Crippen LogP contribution in [0.2, 0.25) is 10.0 Å². The molecule has 2 amide bonds. The van der Waals surface area contributed by atoms with E-state index in [4.69, 9.17) is 23.2 Å². The van der Waals surface area contributed by atoms with Crippen LogP contribution in [-0.4, -0.2) is 43.8 Å². The number of rotatable bonds is 11. The highest BCUT2D eigenvalue weighted by Crippen LogP contribution is 2.33. The van der Waals surface area contributed by atoms with E-state index >= 15 is 0 Å². The van der Waals surface area contributed by atoms with Crippen molar-refractivity contribution in [3.8, 4) is 0 Å². The molecule has 1 unspecified atom stereocenters. The molecular formula is C30H35Cl2N3O4S. The minimum absolute atomic E-state index is 0.00279. The zero-order valence-electron chi connectivity index (χ0n) is 23.3. The molecule has 0 spiro atoms. The van der Waals surface area contributed by atoms with E-state index in [1.807, 2.05) is 58.9 Å². The van der Waals surface area contributed by atoms with E-state index in [9.17, 15) is 18.0 Å². The Kier molecular flexibility index (Phi) is 10.6.